The van der Waals surface area contributed by atoms with Crippen LogP contribution >= 0.6 is 0 Å². The van der Waals surface area contributed by atoms with E-state index < -0.39 is 16.6 Å². The van der Waals surface area contributed by atoms with Crippen LogP contribution in [-0.2, 0) is 0 Å². The van der Waals surface area contributed by atoms with Crippen LogP contribution < -0.4 is 0 Å². The summed E-state index contributed by atoms with van der Waals surface area (Å²) in [5.41, 5.74) is -0.0180. The third-order valence-electron chi connectivity index (χ3n) is 2.21. The van der Waals surface area contributed by atoms with Crippen molar-refractivity contribution in [3.8, 4) is 0 Å². The van der Waals surface area contributed by atoms with Crippen molar-refractivity contribution in [1.82, 2.24) is 0 Å². The smallest absolute Gasteiger partial charge is 0.258 e. The van der Waals surface area contributed by atoms with Crippen molar-refractivity contribution in [3.05, 3.63) is 76.0 Å². The highest BCUT2D eigenvalue weighted by Crippen LogP contribution is 2.25. The molecule has 0 unspecified atom stereocenters. The molecule has 0 spiro atoms. The fourth-order valence-electron chi connectivity index (χ4n) is 1.53. The molecule has 0 N–H and O–H groups in total. The normalized spacial score (nSPS) is 12.4. The van der Waals surface area contributed by atoms with Crippen LogP contribution in [0.25, 0.3) is 5.57 Å². The van der Waals surface area contributed by atoms with Crippen molar-refractivity contribution in [1.29, 1.82) is 0 Å². The summed E-state index contributed by atoms with van der Waals surface area (Å²) in [7, 11) is 0. The van der Waals surface area contributed by atoms with Gasteiger partial charge < -0.3 is 0 Å². The van der Waals surface area contributed by atoms with E-state index in [0.29, 0.717) is 6.07 Å². The lowest BCUT2D eigenvalue weighted by Gasteiger charge is -2.05. The Balaban J connectivity index is 3.38. The number of halogens is 2. The zero-order chi connectivity index (χ0) is 13.7. The third-order valence-corrected chi connectivity index (χ3v) is 2.21. The van der Waals surface area contributed by atoms with E-state index in [2.05, 4.69) is 6.58 Å². The molecule has 1 aromatic rings. The van der Waals surface area contributed by atoms with Crippen molar-refractivity contribution >= 4 is 5.57 Å². The number of benzene rings is 1. The predicted molar refractivity (Wildman–Crippen MR) is 65.3 cm³/mol. The predicted octanol–water partition coefficient (Wildman–Crippen LogP) is 3.71. The molecule has 0 saturated carbocycles. The summed E-state index contributed by atoms with van der Waals surface area (Å²) in [6.45, 7) is 4.93. The first-order valence-corrected chi connectivity index (χ1v) is 5.10. The summed E-state index contributed by atoms with van der Waals surface area (Å²) in [6, 6.07) is 2.79. The van der Waals surface area contributed by atoms with Gasteiger partial charge in [0.25, 0.3) is 5.70 Å². The summed E-state index contributed by atoms with van der Waals surface area (Å²) < 4.78 is 26.2. The van der Waals surface area contributed by atoms with Gasteiger partial charge in [-0.2, -0.15) is 0 Å². The first-order valence-electron chi connectivity index (χ1n) is 5.10. The number of hydrogen-bond acceptors (Lipinski definition) is 2. The molecule has 0 bridgehead atoms. The van der Waals surface area contributed by atoms with Crippen molar-refractivity contribution in [2.24, 2.45) is 0 Å². The van der Waals surface area contributed by atoms with Gasteiger partial charge in [-0.3, -0.25) is 10.1 Å². The van der Waals surface area contributed by atoms with E-state index >= 15 is 0 Å². The Bertz CT molecular complexity index is 528. The summed E-state index contributed by atoms with van der Waals surface area (Å²) in [4.78, 5) is 10.3. The Morgan fingerprint density at radius 2 is 1.89 bits per heavy atom. The minimum Gasteiger partial charge on any atom is -0.258 e. The average molecular weight is 251 g/mol. The highest BCUT2D eigenvalue weighted by atomic mass is 19.1. The lowest BCUT2D eigenvalue weighted by Crippen LogP contribution is -2.02. The topological polar surface area (TPSA) is 43.1 Å². The van der Waals surface area contributed by atoms with Gasteiger partial charge in [-0.05, 0) is 24.6 Å². The molecule has 0 atom stereocenters. The molecule has 0 radical (unpaired) electrons. The zero-order valence-corrected chi connectivity index (χ0v) is 9.69. The largest absolute Gasteiger partial charge is 0.276 e. The minimum absolute atomic E-state index is 0.111. The van der Waals surface area contributed by atoms with Crippen LogP contribution in [0, 0.1) is 21.7 Å². The van der Waals surface area contributed by atoms with E-state index in [9.17, 15) is 18.9 Å². The van der Waals surface area contributed by atoms with Gasteiger partial charge >= 0.3 is 0 Å². The van der Waals surface area contributed by atoms with E-state index in [1.54, 1.807) is 6.92 Å². The van der Waals surface area contributed by atoms with Crippen LogP contribution in [0.15, 0.2) is 48.7 Å². The first kappa shape index (κ1) is 13.8. The first-order chi connectivity index (χ1) is 8.49. The molecule has 0 heterocycles. The monoisotopic (exact) mass is 251 g/mol. The number of allylic oxidation sites excluding steroid dienone is 4. The Labute approximate surface area is 103 Å². The molecule has 0 aliphatic carbocycles. The number of rotatable bonds is 4. The van der Waals surface area contributed by atoms with E-state index in [-0.39, 0.29) is 16.8 Å². The van der Waals surface area contributed by atoms with Gasteiger partial charge in [0.1, 0.15) is 11.6 Å². The number of hydrogen-bond donors (Lipinski definition) is 0. The van der Waals surface area contributed by atoms with Gasteiger partial charge in [0.05, 0.1) is 10.5 Å². The van der Waals surface area contributed by atoms with Gasteiger partial charge in [-0.15, -0.1) is 0 Å². The van der Waals surface area contributed by atoms with Gasteiger partial charge in [0.15, 0.2) is 0 Å². The molecular weight excluding hydrogens is 240 g/mol. The maximum absolute atomic E-state index is 13.1. The quantitative estimate of drug-likeness (QED) is 0.465. The molecule has 94 valence electrons. The highest BCUT2D eigenvalue weighted by molar-refractivity contribution is 5.76. The molecule has 0 aromatic heterocycles. The van der Waals surface area contributed by atoms with Gasteiger partial charge in [0, 0.05) is 12.1 Å². The van der Waals surface area contributed by atoms with Crippen LogP contribution in [0.2, 0.25) is 0 Å². The maximum atomic E-state index is 13.1. The van der Waals surface area contributed by atoms with Crippen LogP contribution in [0.1, 0.15) is 12.5 Å². The molecule has 0 fully saturated rings. The van der Waals surface area contributed by atoms with Crippen LogP contribution in [0.4, 0.5) is 8.78 Å². The Kier molecular flexibility index (Phi) is 4.48. The molecule has 18 heavy (non-hydrogen) atoms. The molecule has 1 rings (SSSR count). The van der Waals surface area contributed by atoms with Crippen molar-refractivity contribution in [3.63, 3.8) is 0 Å². The average Bonchev–Trinajstić information content (AvgIpc) is 2.27. The number of nitro groups is 1. The molecular formula is C13H11F2NO2. The van der Waals surface area contributed by atoms with Crippen molar-refractivity contribution in [2.45, 2.75) is 6.92 Å². The Morgan fingerprint density at radius 1 is 1.33 bits per heavy atom. The van der Waals surface area contributed by atoms with Gasteiger partial charge in [-0.1, -0.05) is 18.7 Å². The maximum Gasteiger partial charge on any atom is 0.276 e. The molecule has 0 saturated heterocycles. The number of nitrogens with zero attached hydrogens (tertiary/aromatic N) is 1. The van der Waals surface area contributed by atoms with Gasteiger partial charge in [-0.25, -0.2) is 8.78 Å². The van der Waals surface area contributed by atoms with Crippen molar-refractivity contribution < 1.29 is 13.7 Å². The molecule has 0 aliphatic rings. The SMILES string of the molecule is C=C/C=C(\C(=C/C)c1cc(F)cc(F)c1)[N+](=O)[O-]. The van der Waals surface area contributed by atoms with Gasteiger partial charge in [0.2, 0.25) is 0 Å². The Morgan fingerprint density at radius 3 is 2.28 bits per heavy atom. The van der Waals surface area contributed by atoms with E-state index in [0.717, 1.165) is 12.1 Å². The second kappa shape index (κ2) is 5.86. The summed E-state index contributed by atoms with van der Waals surface area (Å²) >= 11 is 0. The summed E-state index contributed by atoms with van der Waals surface area (Å²) in [6.07, 6.45) is 3.85. The van der Waals surface area contributed by atoms with Crippen LogP contribution in [0.5, 0.6) is 0 Å². The highest BCUT2D eigenvalue weighted by Gasteiger charge is 2.18. The van der Waals surface area contributed by atoms with Crippen molar-refractivity contribution in [2.75, 3.05) is 0 Å². The molecule has 0 aliphatic heterocycles. The molecule has 1 aromatic carbocycles. The zero-order valence-electron chi connectivity index (χ0n) is 9.69. The van der Waals surface area contributed by atoms with E-state index in [1.165, 1.54) is 18.2 Å². The fraction of sp³-hybridized carbons (Fsp3) is 0.0769. The van der Waals surface area contributed by atoms with E-state index in [1.807, 2.05) is 0 Å². The van der Waals surface area contributed by atoms with Crippen LogP contribution in [0.3, 0.4) is 0 Å². The molecule has 5 heteroatoms. The lowest BCUT2D eigenvalue weighted by atomic mass is 10.0. The van der Waals surface area contributed by atoms with E-state index in [4.69, 9.17) is 0 Å². The molecule has 0 amide bonds. The fourth-order valence-corrected chi connectivity index (χ4v) is 1.53. The van der Waals surface area contributed by atoms with Crippen LogP contribution in [-0.4, -0.2) is 4.92 Å². The molecule has 3 nitrogen and oxygen atoms in total. The summed E-state index contributed by atoms with van der Waals surface area (Å²) in [5.74, 6) is -1.57. The second-order valence-corrected chi connectivity index (χ2v) is 3.41. The lowest BCUT2D eigenvalue weighted by molar-refractivity contribution is -0.416. The third kappa shape index (κ3) is 3.10. The second-order valence-electron chi connectivity index (χ2n) is 3.41. The Hall–Kier alpha value is -2.30. The standard InChI is InChI=1S/C13H11F2NO2/c1-3-5-13(16(17)18)12(4-2)9-6-10(14)8-11(15)7-9/h3-8H,1H2,2H3/b12-4-,13-5+. The summed E-state index contributed by atoms with van der Waals surface area (Å²) in [5, 5.41) is 10.9. The minimum atomic E-state index is -0.786.